The molecule has 0 amide bonds. The highest BCUT2D eigenvalue weighted by Crippen LogP contribution is 2.34. The molecule has 2 aromatic carbocycles. The summed E-state index contributed by atoms with van der Waals surface area (Å²) >= 11 is 0. The zero-order valence-electron chi connectivity index (χ0n) is 14.9. The summed E-state index contributed by atoms with van der Waals surface area (Å²) in [7, 11) is 0. The number of aldehydes is 1. The van der Waals surface area contributed by atoms with Crippen molar-refractivity contribution >= 4 is 12.2 Å². The summed E-state index contributed by atoms with van der Waals surface area (Å²) in [6, 6.07) is 20.7. The molecule has 0 aliphatic heterocycles. The van der Waals surface area contributed by atoms with Crippen LogP contribution in [-0.4, -0.2) is 16.3 Å². The van der Waals surface area contributed by atoms with Crippen molar-refractivity contribution in [2.24, 2.45) is 0 Å². The molecule has 0 aliphatic rings. The van der Waals surface area contributed by atoms with Crippen LogP contribution in [0.2, 0.25) is 0 Å². The van der Waals surface area contributed by atoms with Crippen molar-refractivity contribution in [2.45, 2.75) is 6.61 Å². The second kappa shape index (κ2) is 7.75. The van der Waals surface area contributed by atoms with E-state index < -0.39 is 0 Å². The van der Waals surface area contributed by atoms with Gasteiger partial charge in [0.05, 0.1) is 5.69 Å². The minimum Gasteiger partial charge on any atom is -0.488 e. The van der Waals surface area contributed by atoms with Gasteiger partial charge in [-0.25, -0.2) is 9.97 Å². The molecule has 4 rings (SSSR count). The number of carbonyl (C=O) groups excluding carboxylic acids is 1. The lowest BCUT2D eigenvalue weighted by Gasteiger charge is -2.13. The Hall–Kier alpha value is -3.93. The minimum atomic E-state index is 0.179. The number of carbonyl (C=O) groups is 1. The molecule has 0 bridgehead atoms. The van der Waals surface area contributed by atoms with Crippen molar-refractivity contribution < 1.29 is 13.9 Å². The molecule has 0 fully saturated rings. The number of nitrogens with zero attached hydrogens (tertiary/aromatic N) is 2. The van der Waals surface area contributed by atoms with Crippen LogP contribution in [0.4, 0.5) is 5.95 Å². The highest BCUT2D eigenvalue weighted by atomic mass is 16.5. The average Bonchev–Trinajstić information content (AvgIpc) is 3.22. The molecular weight excluding hydrogens is 354 g/mol. The maximum Gasteiger partial charge on any atom is 0.220 e. The molecule has 0 unspecified atom stereocenters. The van der Waals surface area contributed by atoms with Gasteiger partial charge in [0.1, 0.15) is 18.1 Å². The Morgan fingerprint density at radius 3 is 2.64 bits per heavy atom. The fraction of sp³-hybridized carbons (Fsp3) is 0.0455. The second-order valence-electron chi connectivity index (χ2n) is 6.11. The summed E-state index contributed by atoms with van der Waals surface area (Å²) in [4.78, 5) is 19.2. The summed E-state index contributed by atoms with van der Waals surface area (Å²) in [6.07, 6.45) is 2.27. The summed E-state index contributed by atoms with van der Waals surface area (Å²) < 4.78 is 11.6. The van der Waals surface area contributed by atoms with Crippen molar-refractivity contribution in [1.29, 1.82) is 0 Å². The smallest absolute Gasteiger partial charge is 0.220 e. The number of rotatable bonds is 6. The summed E-state index contributed by atoms with van der Waals surface area (Å²) in [5.41, 5.74) is 9.01. The van der Waals surface area contributed by atoms with E-state index in [1.165, 1.54) is 0 Å². The molecule has 2 N–H and O–H groups in total. The Labute approximate surface area is 161 Å². The van der Waals surface area contributed by atoms with Gasteiger partial charge in [0.15, 0.2) is 12.0 Å². The van der Waals surface area contributed by atoms with Gasteiger partial charge in [0, 0.05) is 17.3 Å². The summed E-state index contributed by atoms with van der Waals surface area (Å²) in [5.74, 6) is 1.69. The second-order valence-corrected chi connectivity index (χ2v) is 6.11. The first-order valence-electron chi connectivity index (χ1n) is 8.68. The van der Waals surface area contributed by atoms with Crippen LogP contribution in [0.1, 0.15) is 16.1 Å². The van der Waals surface area contributed by atoms with Crippen LogP contribution in [0.5, 0.6) is 5.75 Å². The molecule has 2 aromatic heterocycles. The third kappa shape index (κ3) is 3.76. The molecule has 0 aliphatic carbocycles. The van der Waals surface area contributed by atoms with Gasteiger partial charge in [-0.2, -0.15) is 0 Å². The van der Waals surface area contributed by atoms with E-state index in [4.69, 9.17) is 14.9 Å². The van der Waals surface area contributed by atoms with Crippen LogP contribution >= 0.6 is 0 Å². The number of benzene rings is 2. The van der Waals surface area contributed by atoms with E-state index in [1.54, 1.807) is 24.4 Å². The van der Waals surface area contributed by atoms with Crippen LogP contribution in [0.25, 0.3) is 22.6 Å². The van der Waals surface area contributed by atoms with Crippen LogP contribution in [0.3, 0.4) is 0 Å². The van der Waals surface area contributed by atoms with Crippen LogP contribution < -0.4 is 10.5 Å². The number of hydrogen-bond donors (Lipinski definition) is 1. The van der Waals surface area contributed by atoms with E-state index in [9.17, 15) is 4.79 Å². The highest BCUT2D eigenvalue weighted by Gasteiger charge is 2.13. The first-order valence-corrected chi connectivity index (χ1v) is 8.68. The van der Waals surface area contributed by atoms with E-state index in [1.807, 2.05) is 48.5 Å². The predicted octanol–water partition coefficient (Wildman–Crippen LogP) is 4.38. The Kier molecular flexibility index (Phi) is 4.84. The number of nitrogens with two attached hydrogens (primary N) is 1. The molecule has 0 atom stereocenters. The lowest BCUT2D eigenvalue weighted by atomic mass is 10.0. The molecule has 0 saturated heterocycles. The van der Waals surface area contributed by atoms with Crippen LogP contribution in [0, 0.1) is 0 Å². The summed E-state index contributed by atoms with van der Waals surface area (Å²) in [6.45, 7) is 0.420. The van der Waals surface area contributed by atoms with E-state index in [2.05, 4.69) is 9.97 Å². The van der Waals surface area contributed by atoms with Crippen LogP contribution in [0.15, 0.2) is 77.3 Å². The van der Waals surface area contributed by atoms with Crippen molar-refractivity contribution in [2.75, 3.05) is 5.73 Å². The third-order valence-corrected chi connectivity index (χ3v) is 4.19. The van der Waals surface area contributed by atoms with E-state index >= 15 is 0 Å². The molecular formula is C22H17N3O3. The standard InChI is InChI=1S/C22H17N3O3/c23-22-24-11-10-19(25-22)18-12-16(20-9-7-17(13-26)28-20)6-8-21(18)27-14-15-4-2-1-3-5-15/h1-13H,14H2,(H2,23,24,25). The molecule has 138 valence electrons. The van der Waals surface area contributed by atoms with Gasteiger partial charge in [0.25, 0.3) is 0 Å². The monoisotopic (exact) mass is 371 g/mol. The summed E-state index contributed by atoms with van der Waals surface area (Å²) in [5, 5.41) is 0. The zero-order chi connectivity index (χ0) is 19.3. The van der Waals surface area contributed by atoms with Crippen LogP contribution in [-0.2, 0) is 6.61 Å². The topological polar surface area (TPSA) is 91.2 Å². The maximum absolute atomic E-state index is 10.9. The Balaban J connectivity index is 1.73. The van der Waals surface area contributed by atoms with Crippen molar-refractivity contribution in [3.05, 3.63) is 84.3 Å². The largest absolute Gasteiger partial charge is 0.488 e. The average molecular weight is 371 g/mol. The zero-order valence-corrected chi connectivity index (χ0v) is 14.9. The first-order chi connectivity index (χ1) is 13.7. The molecule has 2 heterocycles. The fourth-order valence-corrected chi connectivity index (χ4v) is 2.84. The fourth-order valence-electron chi connectivity index (χ4n) is 2.84. The molecule has 6 nitrogen and oxygen atoms in total. The van der Waals surface area contributed by atoms with Gasteiger partial charge < -0.3 is 14.9 Å². The number of hydrogen-bond acceptors (Lipinski definition) is 6. The van der Waals surface area contributed by atoms with Gasteiger partial charge in [0.2, 0.25) is 5.95 Å². The maximum atomic E-state index is 10.9. The van der Waals surface area contributed by atoms with Gasteiger partial charge in [-0.1, -0.05) is 30.3 Å². The molecule has 0 spiro atoms. The molecule has 28 heavy (non-hydrogen) atoms. The predicted molar refractivity (Wildman–Crippen MR) is 106 cm³/mol. The Bertz CT molecular complexity index is 1110. The van der Waals surface area contributed by atoms with E-state index in [-0.39, 0.29) is 11.7 Å². The third-order valence-electron chi connectivity index (χ3n) is 4.19. The number of aromatic nitrogens is 2. The Morgan fingerprint density at radius 1 is 1.04 bits per heavy atom. The Morgan fingerprint density at radius 2 is 1.89 bits per heavy atom. The van der Waals surface area contributed by atoms with Gasteiger partial charge in [-0.3, -0.25) is 4.79 Å². The van der Waals surface area contributed by atoms with E-state index in [0.29, 0.717) is 30.1 Å². The van der Waals surface area contributed by atoms with Crippen molar-refractivity contribution in [3.63, 3.8) is 0 Å². The molecule has 4 aromatic rings. The lowest BCUT2D eigenvalue weighted by molar-refractivity contribution is 0.110. The van der Waals surface area contributed by atoms with Crippen molar-refractivity contribution in [1.82, 2.24) is 9.97 Å². The van der Waals surface area contributed by atoms with E-state index in [0.717, 1.165) is 16.7 Å². The SMILES string of the molecule is Nc1nccc(-c2cc(-c3ccc(C=O)o3)ccc2OCc2ccccc2)n1. The minimum absolute atomic E-state index is 0.179. The van der Waals surface area contributed by atoms with Gasteiger partial charge >= 0.3 is 0 Å². The normalized spacial score (nSPS) is 10.6. The number of ether oxygens (including phenoxy) is 1. The lowest BCUT2D eigenvalue weighted by Crippen LogP contribution is -2.00. The van der Waals surface area contributed by atoms with Crippen molar-refractivity contribution in [3.8, 4) is 28.3 Å². The number of furan rings is 1. The van der Waals surface area contributed by atoms with Gasteiger partial charge in [-0.05, 0) is 42.0 Å². The quantitative estimate of drug-likeness (QED) is 0.506. The highest BCUT2D eigenvalue weighted by molar-refractivity contribution is 5.76. The first kappa shape index (κ1) is 17.5. The molecule has 0 radical (unpaired) electrons. The molecule has 0 saturated carbocycles. The number of anilines is 1. The number of nitrogen functional groups attached to an aromatic ring is 1. The van der Waals surface area contributed by atoms with Gasteiger partial charge in [-0.15, -0.1) is 0 Å². The molecule has 6 heteroatoms.